The summed E-state index contributed by atoms with van der Waals surface area (Å²) in [5.74, 6) is -1.84. The predicted octanol–water partition coefficient (Wildman–Crippen LogP) is 3.65. The molecular weight excluding hydrogens is 324 g/mol. The van der Waals surface area contributed by atoms with Crippen molar-refractivity contribution in [1.29, 1.82) is 0 Å². The van der Waals surface area contributed by atoms with Gasteiger partial charge in [-0.2, -0.15) is 5.10 Å². The summed E-state index contributed by atoms with van der Waals surface area (Å²) >= 11 is 0. The number of hydrogen-bond donors (Lipinski definition) is 1. The highest BCUT2D eigenvalue weighted by molar-refractivity contribution is 5.86. The van der Waals surface area contributed by atoms with Gasteiger partial charge in [-0.3, -0.25) is 4.98 Å². The lowest BCUT2D eigenvalue weighted by molar-refractivity contribution is 0.517. The highest BCUT2D eigenvalue weighted by Gasteiger charge is 2.23. The Hall–Kier alpha value is -3.35. The number of benzene rings is 2. The van der Waals surface area contributed by atoms with E-state index in [4.69, 9.17) is 5.73 Å². The predicted molar refractivity (Wildman–Crippen MR) is 91.2 cm³/mol. The summed E-state index contributed by atoms with van der Waals surface area (Å²) in [5.41, 5.74) is 7.92. The number of nitrogens with zero attached hydrogens (tertiary/aromatic N) is 4. The van der Waals surface area contributed by atoms with Gasteiger partial charge < -0.3 is 5.73 Å². The van der Waals surface area contributed by atoms with Gasteiger partial charge in [-0.25, -0.2) is 18.4 Å². The van der Waals surface area contributed by atoms with Gasteiger partial charge in [0.15, 0.2) is 11.6 Å². The molecule has 124 valence electrons. The fourth-order valence-electron chi connectivity index (χ4n) is 2.87. The smallest absolute Gasteiger partial charge is 0.187 e. The molecule has 0 unspecified atom stereocenters. The number of aryl methyl sites for hydroxylation is 1. The Balaban J connectivity index is 1.99. The zero-order valence-corrected chi connectivity index (χ0v) is 13.2. The van der Waals surface area contributed by atoms with Crippen molar-refractivity contribution >= 4 is 16.9 Å². The number of anilines is 1. The lowest BCUT2D eigenvalue weighted by atomic mass is 10.0. The Labute approximate surface area is 141 Å². The molecule has 7 heteroatoms. The molecule has 0 atom stereocenters. The summed E-state index contributed by atoms with van der Waals surface area (Å²) in [4.78, 5) is 7.90. The van der Waals surface area contributed by atoms with Crippen LogP contribution in [0.3, 0.4) is 0 Å². The lowest BCUT2D eigenvalue weighted by Gasteiger charge is -2.08. The van der Waals surface area contributed by atoms with E-state index in [1.165, 1.54) is 23.1 Å². The zero-order chi connectivity index (χ0) is 17.6. The van der Waals surface area contributed by atoms with Crippen molar-refractivity contribution in [2.75, 3.05) is 5.73 Å². The molecule has 0 saturated heterocycles. The number of halogens is 2. The molecule has 2 N–H and O–H groups in total. The van der Waals surface area contributed by atoms with Gasteiger partial charge in [0, 0.05) is 18.0 Å². The molecule has 2 aromatic carbocycles. The summed E-state index contributed by atoms with van der Waals surface area (Å²) < 4.78 is 30.5. The topological polar surface area (TPSA) is 69.6 Å². The third kappa shape index (κ3) is 2.32. The lowest BCUT2D eigenvalue weighted by Crippen LogP contribution is -2.02. The van der Waals surface area contributed by atoms with Crippen LogP contribution >= 0.6 is 0 Å². The third-order valence-corrected chi connectivity index (χ3v) is 4.01. The highest BCUT2D eigenvalue weighted by Crippen LogP contribution is 2.35. The SMILES string of the molecule is Cc1nn(-c2ccccc2)c(N)c1-c1cc2nccnc2c(F)c1F. The average molecular weight is 337 g/mol. The van der Waals surface area contributed by atoms with E-state index in [9.17, 15) is 8.78 Å². The minimum Gasteiger partial charge on any atom is -0.383 e. The molecular formula is C18H13F2N5. The minimum absolute atomic E-state index is 0.0164. The summed E-state index contributed by atoms with van der Waals surface area (Å²) in [6.07, 6.45) is 2.74. The molecule has 0 fully saturated rings. The van der Waals surface area contributed by atoms with E-state index >= 15 is 0 Å². The Kier molecular flexibility index (Phi) is 3.42. The van der Waals surface area contributed by atoms with Crippen LogP contribution in [0.25, 0.3) is 27.8 Å². The van der Waals surface area contributed by atoms with Crippen molar-refractivity contribution < 1.29 is 8.78 Å². The van der Waals surface area contributed by atoms with Crippen LogP contribution in [0.4, 0.5) is 14.6 Å². The number of para-hydroxylation sites is 1. The number of hydrogen-bond acceptors (Lipinski definition) is 4. The van der Waals surface area contributed by atoms with Crippen LogP contribution in [-0.2, 0) is 0 Å². The monoisotopic (exact) mass is 337 g/mol. The van der Waals surface area contributed by atoms with E-state index in [-0.39, 0.29) is 22.4 Å². The number of aromatic nitrogens is 4. The molecule has 0 radical (unpaired) electrons. The van der Waals surface area contributed by atoms with E-state index in [1.54, 1.807) is 6.92 Å². The maximum atomic E-state index is 14.7. The van der Waals surface area contributed by atoms with Crippen molar-refractivity contribution in [2.24, 2.45) is 0 Å². The second-order valence-corrected chi connectivity index (χ2v) is 5.57. The van der Waals surface area contributed by atoms with E-state index in [2.05, 4.69) is 15.1 Å². The molecule has 0 amide bonds. The van der Waals surface area contributed by atoms with Crippen LogP contribution < -0.4 is 5.73 Å². The van der Waals surface area contributed by atoms with Crippen LogP contribution in [0.2, 0.25) is 0 Å². The van der Waals surface area contributed by atoms with Crippen LogP contribution in [0.15, 0.2) is 48.8 Å². The van der Waals surface area contributed by atoms with E-state index in [0.717, 1.165) is 5.69 Å². The van der Waals surface area contributed by atoms with E-state index in [1.807, 2.05) is 30.3 Å². The molecule has 5 nitrogen and oxygen atoms in total. The normalized spacial score (nSPS) is 11.2. The third-order valence-electron chi connectivity index (χ3n) is 4.01. The van der Waals surface area contributed by atoms with Gasteiger partial charge in [-0.05, 0) is 25.1 Å². The molecule has 0 aliphatic rings. The van der Waals surface area contributed by atoms with Crippen LogP contribution in [-0.4, -0.2) is 19.7 Å². The quantitative estimate of drug-likeness (QED) is 0.606. The summed E-state index contributed by atoms with van der Waals surface area (Å²) in [7, 11) is 0. The van der Waals surface area contributed by atoms with Crippen LogP contribution in [0, 0.1) is 18.6 Å². The first-order valence-electron chi connectivity index (χ1n) is 7.57. The van der Waals surface area contributed by atoms with Gasteiger partial charge in [0.2, 0.25) is 0 Å². The van der Waals surface area contributed by atoms with Gasteiger partial charge in [0.25, 0.3) is 0 Å². The standard InChI is InChI=1S/C18H13F2N5/c1-10-14(18(21)25(24-10)11-5-3-2-4-6-11)12-9-13-17(16(20)15(12)19)23-8-7-22-13/h2-9H,21H2,1H3. The van der Waals surface area contributed by atoms with Crippen molar-refractivity contribution in [3.8, 4) is 16.8 Å². The number of nitrogens with two attached hydrogens (primary N) is 1. The molecule has 2 heterocycles. The molecule has 2 aromatic heterocycles. The Morgan fingerprint density at radius 2 is 1.72 bits per heavy atom. The summed E-state index contributed by atoms with van der Waals surface area (Å²) in [5, 5.41) is 4.37. The molecule has 0 aliphatic carbocycles. The number of fused-ring (bicyclic) bond motifs is 1. The maximum Gasteiger partial charge on any atom is 0.187 e. The molecule has 0 spiro atoms. The summed E-state index contributed by atoms with van der Waals surface area (Å²) in [6, 6.07) is 10.7. The second-order valence-electron chi connectivity index (χ2n) is 5.57. The van der Waals surface area contributed by atoms with Gasteiger partial charge in [-0.15, -0.1) is 0 Å². The molecule has 0 saturated carbocycles. The fraction of sp³-hybridized carbons (Fsp3) is 0.0556. The zero-order valence-electron chi connectivity index (χ0n) is 13.2. The van der Waals surface area contributed by atoms with Gasteiger partial charge in [0.05, 0.1) is 22.5 Å². The summed E-state index contributed by atoms with van der Waals surface area (Å²) in [6.45, 7) is 1.70. The molecule has 0 bridgehead atoms. The Morgan fingerprint density at radius 1 is 1.00 bits per heavy atom. The van der Waals surface area contributed by atoms with Crippen LogP contribution in [0.5, 0.6) is 0 Å². The largest absolute Gasteiger partial charge is 0.383 e. The Morgan fingerprint density at radius 3 is 2.48 bits per heavy atom. The van der Waals surface area contributed by atoms with Crippen molar-refractivity contribution in [1.82, 2.24) is 19.7 Å². The first-order valence-corrected chi connectivity index (χ1v) is 7.57. The molecule has 4 aromatic rings. The van der Waals surface area contributed by atoms with Crippen molar-refractivity contribution in [2.45, 2.75) is 6.92 Å². The van der Waals surface area contributed by atoms with Gasteiger partial charge in [-0.1, -0.05) is 18.2 Å². The number of rotatable bonds is 2. The Bertz CT molecular complexity index is 1090. The van der Waals surface area contributed by atoms with Gasteiger partial charge in [0.1, 0.15) is 11.3 Å². The van der Waals surface area contributed by atoms with Crippen molar-refractivity contribution in [3.05, 3.63) is 66.1 Å². The first-order chi connectivity index (χ1) is 12.1. The van der Waals surface area contributed by atoms with Crippen molar-refractivity contribution in [3.63, 3.8) is 0 Å². The van der Waals surface area contributed by atoms with E-state index in [0.29, 0.717) is 11.3 Å². The number of nitrogen functional groups attached to an aromatic ring is 1. The molecule has 0 aliphatic heterocycles. The van der Waals surface area contributed by atoms with Gasteiger partial charge >= 0.3 is 0 Å². The fourth-order valence-corrected chi connectivity index (χ4v) is 2.87. The maximum absolute atomic E-state index is 14.7. The highest BCUT2D eigenvalue weighted by atomic mass is 19.2. The van der Waals surface area contributed by atoms with Crippen LogP contribution in [0.1, 0.15) is 5.69 Å². The first kappa shape index (κ1) is 15.2. The second kappa shape index (κ2) is 5.62. The molecule has 4 rings (SSSR count). The minimum atomic E-state index is -1.05. The molecule has 25 heavy (non-hydrogen) atoms. The van der Waals surface area contributed by atoms with E-state index < -0.39 is 11.6 Å². The average Bonchev–Trinajstić information content (AvgIpc) is 2.93.